The molecule has 1 aliphatic rings. The van der Waals surface area contributed by atoms with Gasteiger partial charge in [0.1, 0.15) is 5.76 Å². The van der Waals surface area contributed by atoms with E-state index in [-0.39, 0.29) is 29.0 Å². The van der Waals surface area contributed by atoms with Gasteiger partial charge >= 0.3 is 0 Å². The summed E-state index contributed by atoms with van der Waals surface area (Å²) < 4.78 is 5.36. The molecule has 1 unspecified atom stereocenters. The predicted octanol–water partition coefficient (Wildman–Crippen LogP) is 3.45. The van der Waals surface area contributed by atoms with Crippen molar-refractivity contribution >= 4 is 35.2 Å². The number of benzene rings is 1. The highest BCUT2D eigenvalue weighted by Crippen LogP contribution is 2.27. The zero-order chi connectivity index (χ0) is 21.7. The van der Waals surface area contributed by atoms with E-state index in [1.165, 1.54) is 18.7 Å². The maximum Gasteiger partial charge on any atom is 0.287 e. The number of nitrogens with one attached hydrogen (secondary N) is 2. The molecule has 2 N–H and O–H groups in total. The molecule has 2 aromatic rings. The average molecular weight is 430 g/mol. The first-order valence-electron chi connectivity index (χ1n) is 10.0. The van der Waals surface area contributed by atoms with Crippen molar-refractivity contribution in [2.24, 2.45) is 0 Å². The Morgan fingerprint density at radius 2 is 1.77 bits per heavy atom. The van der Waals surface area contributed by atoms with Gasteiger partial charge in [0.05, 0.1) is 5.25 Å². The van der Waals surface area contributed by atoms with Crippen LogP contribution in [-0.2, 0) is 9.59 Å². The lowest BCUT2D eigenvalue weighted by Crippen LogP contribution is -2.48. The van der Waals surface area contributed by atoms with Gasteiger partial charge in [0.15, 0.2) is 5.76 Å². The highest BCUT2D eigenvalue weighted by molar-refractivity contribution is 8.00. The number of piperidine rings is 1. The van der Waals surface area contributed by atoms with E-state index in [1.54, 1.807) is 19.1 Å². The van der Waals surface area contributed by atoms with E-state index in [1.807, 2.05) is 36.1 Å². The molecule has 2 heterocycles. The molecule has 3 amide bonds. The number of rotatable bonds is 6. The predicted molar refractivity (Wildman–Crippen MR) is 117 cm³/mol. The second-order valence-electron chi connectivity index (χ2n) is 7.45. The maximum atomic E-state index is 12.8. The number of nitrogens with zero attached hydrogens (tertiary/aromatic N) is 1. The zero-order valence-corrected chi connectivity index (χ0v) is 18.3. The van der Waals surface area contributed by atoms with Crippen LogP contribution < -0.4 is 10.6 Å². The summed E-state index contributed by atoms with van der Waals surface area (Å²) >= 11 is 1.50. The van der Waals surface area contributed by atoms with Gasteiger partial charge in [-0.3, -0.25) is 14.4 Å². The zero-order valence-electron chi connectivity index (χ0n) is 17.4. The molecule has 1 aromatic heterocycles. The van der Waals surface area contributed by atoms with Crippen LogP contribution >= 0.6 is 11.8 Å². The van der Waals surface area contributed by atoms with Crippen molar-refractivity contribution in [1.82, 2.24) is 10.2 Å². The summed E-state index contributed by atoms with van der Waals surface area (Å²) in [6.07, 6.45) is 1.44. The minimum atomic E-state index is -0.214. The van der Waals surface area contributed by atoms with Crippen LogP contribution in [0.1, 0.15) is 43.0 Å². The van der Waals surface area contributed by atoms with Crippen molar-refractivity contribution in [1.29, 1.82) is 0 Å². The van der Waals surface area contributed by atoms with Gasteiger partial charge in [-0.1, -0.05) is 0 Å². The summed E-state index contributed by atoms with van der Waals surface area (Å²) in [5, 5.41) is 5.51. The van der Waals surface area contributed by atoms with E-state index in [4.69, 9.17) is 4.42 Å². The lowest BCUT2D eigenvalue weighted by atomic mass is 10.0. The molecule has 0 aliphatic carbocycles. The molecule has 160 valence electrons. The highest BCUT2D eigenvalue weighted by Gasteiger charge is 2.27. The third kappa shape index (κ3) is 5.89. The van der Waals surface area contributed by atoms with Gasteiger partial charge in [0.25, 0.3) is 5.91 Å². The van der Waals surface area contributed by atoms with Gasteiger partial charge in [-0.15, -0.1) is 11.8 Å². The van der Waals surface area contributed by atoms with Crippen LogP contribution in [0.5, 0.6) is 0 Å². The first-order chi connectivity index (χ1) is 14.3. The van der Waals surface area contributed by atoms with Crippen LogP contribution in [0.25, 0.3) is 0 Å². The lowest BCUT2D eigenvalue weighted by Gasteiger charge is -2.33. The monoisotopic (exact) mass is 429 g/mol. The number of carbonyl (C=O) groups is 3. The number of hydrogen-bond acceptors (Lipinski definition) is 5. The van der Waals surface area contributed by atoms with E-state index < -0.39 is 0 Å². The Hall–Kier alpha value is -2.74. The Morgan fingerprint density at radius 1 is 1.10 bits per heavy atom. The van der Waals surface area contributed by atoms with Gasteiger partial charge in [0, 0.05) is 36.6 Å². The van der Waals surface area contributed by atoms with Gasteiger partial charge in [-0.2, -0.15) is 0 Å². The molecule has 3 rings (SSSR count). The lowest BCUT2D eigenvalue weighted by molar-refractivity contribution is -0.131. The van der Waals surface area contributed by atoms with Gasteiger partial charge in [0.2, 0.25) is 11.8 Å². The number of hydrogen-bond donors (Lipinski definition) is 2. The molecule has 30 heavy (non-hydrogen) atoms. The standard InChI is InChI=1S/C22H27N3O4S/c1-14-4-9-20(29-14)21(27)24-18-10-12-25(13-11-18)22(28)15(2)30-19-7-5-17(6-8-19)23-16(3)26/h4-9,15,18H,10-13H2,1-3H3,(H,23,26)(H,24,27). The SMILES string of the molecule is CC(=O)Nc1ccc(SC(C)C(=O)N2CCC(NC(=O)c3ccc(C)o3)CC2)cc1. The summed E-state index contributed by atoms with van der Waals surface area (Å²) in [4.78, 5) is 39.0. The Morgan fingerprint density at radius 3 is 2.33 bits per heavy atom. The van der Waals surface area contributed by atoms with E-state index in [0.29, 0.717) is 24.6 Å². The number of thioether (sulfide) groups is 1. The number of amides is 3. The highest BCUT2D eigenvalue weighted by atomic mass is 32.2. The number of furan rings is 1. The van der Waals surface area contributed by atoms with Crippen LogP contribution in [-0.4, -0.2) is 47.0 Å². The van der Waals surface area contributed by atoms with Crippen molar-refractivity contribution in [3.8, 4) is 0 Å². The largest absolute Gasteiger partial charge is 0.456 e. The summed E-state index contributed by atoms with van der Waals surface area (Å²) in [5.41, 5.74) is 0.736. The first-order valence-corrected chi connectivity index (χ1v) is 10.9. The van der Waals surface area contributed by atoms with Gasteiger partial charge in [-0.05, 0) is 63.1 Å². The van der Waals surface area contributed by atoms with Crippen molar-refractivity contribution in [3.63, 3.8) is 0 Å². The van der Waals surface area contributed by atoms with Gasteiger partial charge < -0.3 is 20.0 Å². The number of carbonyl (C=O) groups excluding carboxylic acids is 3. The van der Waals surface area contributed by atoms with E-state index in [0.717, 1.165) is 23.4 Å². The average Bonchev–Trinajstić information content (AvgIpc) is 3.15. The molecule has 0 saturated carbocycles. The fourth-order valence-corrected chi connectivity index (χ4v) is 4.34. The molecule has 0 spiro atoms. The fraction of sp³-hybridized carbons (Fsp3) is 0.409. The molecular weight excluding hydrogens is 402 g/mol. The first kappa shape index (κ1) is 22.0. The number of anilines is 1. The molecule has 8 heteroatoms. The number of likely N-dealkylation sites (tertiary alicyclic amines) is 1. The normalized spacial score (nSPS) is 15.5. The summed E-state index contributed by atoms with van der Waals surface area (Å²) in [6.45, 7) is 6.41. The van der Waals surface area contributed by atoms with E-state index >= 15 is 0 Å². The van der Waals surface area contributed by atoms with E-state index in [9.17, 15) is 14.4 Å². The summed E-state index contributed by atoms with van der Waals surface area (Å²) in [7, 11) is 0. The molecule has 1 atom stereocenters. The van der Waals surface area contributed by atoms with Gasteiger partial charge in [-0.25, -0.2) is 0 Å². The van der Waals surface area contributed by atoms with Crippen LogP contribution in [0, 0.1) is 6.92 Å². The third-order valence-electron chi connectivity index (χ3n) is 4.94. The van der Waals surface area contributed by atoms with Crippen molar-refractivity contribution in [2.45, 2.75) is 49.8 Å². The summed E-state index contributed by atoms with van der Waals surface area (Å²) in [5.74, 6) is 0.798. The minimum Gasteiger partial charge on any atom is -0.456 e. The Bertz CT molecular complexity index is 901. The van der Waals surface area contributed by atoms with Crippen LogP contribution in [0.2, 0.25) is 0 Å². The van der Waals surface area contributed by atoms with Crippen LogP contribution in [0.3, 0.4) is 0 Å². The quantitative estimate of drug-likeness (QED) is 0.687. The third-order valence-corrected chi connectivity index (χ3v) is 6.04. The molecule has 1 fully saturated rings. The molecule has 7 nitrogen and oxygen atoms in total. The van der Waals surface area contributed by atoms with Crippen molar-refractivity contribution in [3.05, 3.63) is 47.9 Å². The molecule has 0 bridgehead atoms. The number of aryl methyl sites for hydroxylation is 1. The fourth-order valence-electron chi connectivity index (χ4n) is 3.39. The molecular formula is C22H27N3O4S. The minimum absolute atomic E-state index is 0.0382. The second-order valence-corrected chi connectivity index (χ2v) is 8.86. The Kier molecular flexibility index (Phi) is 7.20. The smallest absolute Gasteiger partial charge is 0.287 e. The summed E-state index contributed by atoms with van der Waals surface area (Å²) in [6, 6.07) is 10.9. The second kappa shape index (κ2) is 9.84. The van der Waals surface area contributed by atoms with Crippen LogP contribution in [0.4, 0.5) is 5.69 Å². The van der Waals surface area contributed by atoms with Crippen molar-refractivity contribution < 1.29 is 18.8 Å². The molecule has 1 saturated heterocycles. The van der Waals surface area contributed by atoms with Crippen molar-refractivity contribution in [2.75, 3.05) is 18.4 Å². The maximum absolute atomic E-state index is 12.8. The molecule has 1 aliphatic heterocycles. The Labute approximate surface area is 180 Å². The van der Waals surface area contributed by atoms with E-state index in [2.05, 4.69) is 10.6 Å². The Balaban J connectivity index is 1.46. The van der Waals surface area contributed by atoms with Crippen LogP contribution in [0.15, 0.2) is 45.7 Å². The topological polar surface area (TPSA) is 91.7 Å². The molecule has 1 aromatic carbocycles. The molecule has 0 radical (unpaired) electrons.